The van der Waals surface area contributed by atoms with Crippen molar-refractivity contribution >= 4 is 21.9 Å². The van der Waals surface area contributed by atoms with Crippen molar-refractivity contribution in [2.75, 3.05) is 7.05 Å². The normalized spacial score (nSPS) is 12.1. The van der Waals surface area contributed by atoms with Crippen LogP contribution in [0.15, 0.2) is 25.6 Å². The minimum absolute atomic E-state index is 0.230. The van der Waals surface area contributed by atoms with Gasteiger partial charge < -0.3 is 13.9 Å². The Morgan fingerprint density at radius 2 is 2.10 bits per heavy atom. The molecule has 0 unspecified atom stereocenters. The molecule has 108 valence electrons. The van der Waals surface area contributed by atoms with Gasteiger partial charge in [0.05, 0.1) is 6.54 Å². The molecule has 20 heavy (non-hydrogen) atoms. The Kier molecular flexibility index (Phi) is 3.96. The average Bonchev–Trinajstić information content (AvgIpc) is 2.97. The van der Waals surface area contributed by atoms with Crippen LogP contribution in [0.3, 0.4) is 0 Å². The average molecular weight is 344 g/mol. The molecule has 0 fully saturated rings. The number of hydrogen-bond donors (Lipinski definition) is 1. The minimum atomic E-state index is -1.03. The molecule has 2 rings (SSSR count). The first-order valence-electron chi connectivity index (χ1n) is 5.83. The summed E-state index contributed by atoms with van der Waals surface area (Å²) in [5.41, 5.74) is -1.03. The van der Waals surface area contributed by atoms with Crippen LogP contribution in [0, 0.1) is 0 Å². The zero-order valence-electron chi connectivity index (χ0n) is 11.3. The molecule has 0 aromatic carbocycles. The van der Waals surface area contributed by atoms with Gasteiger partial charge in [-0.05, 0) is 49.0 Å². The summed E-state index contributed by atoms with van der Waals surface area (Å²) in [5, 5.41) is 16.9. The van der Waals surface area contributed by atoms with Gasteiger partial charge in [-0.15, -0.1) is 10.2 Å². The van der Waals surface area contributed by atoms with E-state index in [2.05, 4.69) is 26.1 Å². The van der Waals surface area contributed by atoms with Gasteiger partial charge >= 0.3 is 5.97 Å². The summed E-state index contributed by atoms with van der Waals surface area (Å²) in [4.78, 5) is 12.8. The molecule has 2 aromatic heterocycles. The van der Waals surface area contributed by atoms with Gasteiger partial charge in [0.1, 0.15) is 5.54 Å². The number of hydrogen-bond acceptors (Lipinski definition) is 6. The van der Waals surface area contributed by atoms with Crippen molar-refractivity contribution in [2.24, 2.45) is 0 Å². The molecule has 0 aliphatic rings. The second-order valence-electron chi connectivity index (χ2n) is 4.82. The first-order valence-corrected chi connectivity index (χ1v) is 6.62. The fraction of sp³-hybridized carbons (Fsp3) is 0.417. The third kappa shape index (κ3) is 2.91. The third-order valence-corrected chi connectivity index (χ3v) is 3.53. The lowest BCUT2D eigenvalue weighted by Gasteiger charge is -2.29. The zero-order chi connectivity index (χ0) is 14.9. The van der Waals surface area contributed by atoms with E-state index in [1.54, 1.807) is 37.9 Å². The molecule has 0 aliphatic carbocycles. The summed E-state index contributed by atoms with van der Waals surface area (Å²) >= 11 is 3.19. The monoisotopic (exact) mass is 343 g/mol. The van der Waals surface area contributed by atoms with Gasteiger partial charge in [-0.3, -0.25) is 9.69 Å². The van der Waals surface area contributed by atoms with E-state index in [1.165, 1.54) is 0 Å². The summed E-state index contributed by atoms with van der Waals surface area (Å²) < 4.78 is 11.3. The van der Waals surface area contributed by atoms with E-state index in [4.69, 9.17) is 13.9 Å². The Balaban J connectivity index is 2.12. The van der Waals surface area contributed by atoms with Gasteiger partial charge in [0.25, 0.3) is 5.89 Å². The molecule has 0 amide bonds. The number of furan rings is 1. The van der Waals surface area contributed by atoms with E-state index in [9.17, 15) is 4.79 Å². The maximum Gasteiger partial charge on any atom is 0.323 e. The molecule has 0 aliphatic heterocycles. The van der Waals surface area contributed by atoms with Gasteiger partial charge in [-0.2, -0.15) is 0 Å². The number of likely N-dealkylation sites (N-methyl/N-ethyl adjacent to an activating group) is 1. The Morgan fingerprint density at radius 1 is 1.40 bits per heavy atom. The number of carboxylic acid groups (broad SMARTS) is 1. The molecule has 0 atom stereocenters. The largest absolute Gasteiger partial charge is 0.480 e. The fourth-order valence-electron chi connectivity index (χ4n) is 1.41. The fourth-order valence-corrected chi connectivity index (χ4v) is 1.72. The molecule has 0 saturated carbocycles. The molecule has 0 bridgehead atoms. The number of aromatic nitrogens is 2. The lowest BCUT2D eigenvalue weighted by atomic mass is 10.0. The predicted octanol–water partition coefficient (Wildman–Crippen LogP) is 2.39. The van der Waals surface area contributed by atoms with E-state index < -0.39 is 11.5 Å². The summed E-state index contributed by atoms with van der Waals surface area (Å²) in [6, 6.07) is 3.42. The minimum Gasteiger partial charge on any atom is -0.480 e. The molecule has 2 heterocycles. The second-order valence-corrected chi connectivity index (χ2v) is 5.61. The standard InChI is InChI=1S/C12H14BrN3O4/c1-12(2,11(17)18)16(3)6-9-14-15-10(20-9)7-4-5-8(13)19-7/h4-5H,6H2,1-3H3,(H,17,18). The Bertz CT molecular complexity index is 620. The first kappa shape index (κ1) is 14.7. The number of rotatable bonds is 5. The molecule has 0 radical (unpaired) electrons. The molecule has 2 aromatic rings. The summed E-state index contributed by atoms with van der Waals surface area (Å²) in [7, 11) is 1.68. The van der Waals surface area contributed by atoms with Gasteiger partial charge in [-0.25, -0.2) is 0 Å². The van der Waals surface area contributed by atoms with Crippen LogP contribution in [0.2, 0.25) is 0 Å². The van der Waals surface area contributed by atoms with Crippen LogP contribution in [0.1, 0.15) is 19.7 Å². The van der Waals surface area contributed by atoms with Gasteiger partial charge in [0.15, 0.2) is 10.4 Å². The lowest BCUT2D eigenvalue weighted by molar-refractivity contribution is -0.149. The maximum atomic E-state index is 11.2. The number of aliphatic carboxylic acids is 1. The van der Waals surface area contributed by atoms with Crippen molar-refractivity contribution in [1.82, 2.24) is 15.1 Å². The van der Waals surface area contributed by atoms with Crippen LogP contribution in [-0.2, 0) is 11.3 Å². The van der Waals surface area contributed by atoms with Crippen molar-refractivity contribution in [1.29, 1.82) is 0 Å². The topological polar surface area (TPSA) is 92.6 Å². The number of halogens is 1. The van der Waals surface area contributed by atoms with Crippen LogP contribution < -0.4 is 0 Å². The van der Waals surface area contributed by atoms with E-state index in [0.717, 1.165) is 0 Å². The van der Waals surface area contributed by atoms with Crippen molar-refractivity contribution in [3.63, 3.8) is 0 Å². The van der Waals surface area contributed by atoms with Crippen LogP contribution in [0.25, 0.3) is 11.7 Å². The Hall–Kier alpha value is -1.67. The van der Waals surface area contributed by atoms with E-state index in [1.807, 2.05) is 0 Å². The smallest absolute Gasteiger partial charge is 0.323 e. The molecular formula is C12H14BrN3O4. The Labute approximate surface area is 123 Å². The lowest BCUT2D eigenvalue weighted by Crippen LogP contribution is -2.47. The second kappa shape index (κ2) is 5.37. The molecular weight excluding hydrogens is 330 g/mol. The van der Waals surface area contributed by atoms with Crippen LogP contribution >= 0.6 is 15.9 Å². The summed E-state index contributed by atoms with van der Waals surface area (Å²) in [5.74, 6) is 0.113. The molecule has 0 spiro atoms. The van der Waals surface area contributed by atoms with Crippen molar-refractivity contribution in [3.8, 4) is 11.7 Å². The zero-order valence-corrected chi connectivity index (χ0v) is 12.8. The summed E-state index contributed by atoms with van der Waals surface area (Å²) in [6.45, 7) is 3.45. The highest BCUT2D eigenvalue weighted by atomic mass is 79.9. The quantitative estimate of drug-likeness (QED) is 0.890. The summed E-state index contributed by atoms with van der Waals surface area (Å²) in [6.07, 6.45) is 0. The maximum absolute atomic E-state index is 11.2. The van der Waals surface area contributed by atoms with Crippen molar-refractivity contribution < 1.29 is 18.7 Å². The van der Waals surface area contributed by atoms with Crippen LogP contribution in [0.4, 0.5) is 0 Å². The van der Waals surface area contributed by atoms with Gasteiger partial charge in [0, 0.05) is 0 Å². The molecule has 0 saturated heterocycles. The molecule has 8 heteroatoms. The molecule has 7 nitrogen and oxygen atoms in total. The highest BCUT2D eigenvalue weighted by Gasteiger charge is 2.33. The first-order chi connectivity index (χ1) is 9.30. The highest BCUT2D eigenvalue weighted by molar-refractivity contribution is 9.10. The van der Waals surface area contributed by atoms with Crippen LogP contribution in [0.5, 0.6) is 0 Å². The van der Waals surface area contributed by atoms with Gasteiger partial charge in [0.2, 0.25) is 5.89 Å². The van der Waals surface area contributed by atoms with Crippen molar-refractivity contribution in [2.45, 2.75) is 25.9 Å². The van der Waals surface area contributed by atoms with E-state index in [0.29, 0.717) is 16.3 Å². The number of carboxylic acids is 1. The van der Waals surface area contributed by atoms with Gasteiger partial charge in [-0.1, -0.05) is 0 Å². The SMILES string of the molecule is CN(Cc1nnc(-c2ccc(Br)o2)o1)C(C)(C)C(=O)O. The number of carbonyl (C=O) groups is 1. The number of nitrogens with zero attached hydrogens (tertiary/aromatic N) is 3. The third-order valence-electron chi connectivity index (χ3n) is 3.10. The van der Waals surface area contributed by atoms with Crippen molar-refractivity contribution in [3.05, 3.63) is 22.7 Å². The Morgan fingerprint density at radius 3 is 2.65 bits per heavy atom. The highest BCUT2D eigenvalue weighted by Crippen LogP contribution is 2.24. The van der Waals surface area contributed by atoms with Crippen LogP contribution in [-0.4, -0.2) is 38.8 Å². The molecule has 1 N–H and O–H groups in total. The predicted molar refractivity (Wildman–Crippen MR) is 72.9 cm³/mol. The van der Waals surface area contributed by atoms with E-state index in [-0.39, 0.29) is 12.4 Å². The van der Waals surface area contributed by atoms with E-state index >= 15 is 0 Å².